The fraction of sp³-hybridized carbons (Fsp3) is 0.333. The lowest BCUT2D eigenvalue weighted by molar-refractivity contribution is -0.124. The normalized spacial score (nSPS) is 16.1. The summed E-state index contributed by atoms with van der Waals surface area (Å²) >= 11 is 0. The van der Waals surface area contributed by atoms with Crippen molar-refractivity contribution in [2.45, 2.75) is 18.9 Å². The van der Waals surface area contributed by atoms with E-state index >= 15 is 0 Å². The van der Waals surface area contributed by atoms with Gasteiger partial charge in [0, 0.05) is 0 Å². The Balaban J connectivity index is 1.43. The van der Waals surface area contributed by atoms with Gasteiger partial charge in [-0.25, -0.2) is 0 Å². The maximum absolute atomic E-state index is 12.4. The summed E-state index contributed by atoms with van der Waals surface area (Å²) in [5.41, 5.74) is 1.42. The van der Waals surface area contributed by atoms with E-state index in [4.69, 9.17) is 19.5 Å². The van der Waals surface area contributed by atoms with Gasteiger partial charge in [0.25, 0.3) is 5.91 Å². The van der Waals surface area contributed by atoms with Gasteiger partial charge in [-0.3, -0.25) is 4.79 Å². The third-order valence-corrected chi connectivity index (χ3v) is 4.70. The molecular formula is C21H20N2O4. The first kappa shape index (κ1) is 17.2. The first-order chi connectivity index (χ1) is 13.2. The highest BCUT2D eigenvalue weighted by Gasteiger charge is 2.34. The van der Waals surface area contributed by atoms with Crippen LogP contribution in [0.15, 0.2) is 42.5 Å². The molecule has 138 valence electrons. The van der Waals surface area contributed by atoms with E-state index in [1.807, 2.05) is 18.2 Å². The monoisotopic (exact) mass is 364 g/mol. The van der Waals surface area contributed by atoms with Gasteiger partial charge >= 0.3 is 0 Å². The van der Waals surface area contributed by atoms with Crippen molar-refractivity contribution in [1.82, 2.24) is 5.32 Å². The highest BCUT2D eigenvalue weighted by Crippen LogP contribution is 2.43. The number of amides is 1. The van der Waals surface area contributed by atoms with E-state index in [-0.39, 0.29) is 18.6 Å². The topological polar surface area (TPSA) is 80.6 Å². The lowest BCUT2D eigenvalue weighted by Crippen LogP contribution is -2.34. The molecule has 0 saturated heterocycles. The lowest BCUT2D eigenvalue weighted by Gasteiger charge is -2.23. The molecule has 0 radical (unpaired) electrons. The summed E-state index contributed by atoms with van der Waals surface area (Å²) in [6, 6.07) is 14.7. The van der Waals surface area contributed by atoms with Crippen molar-refractivity contribution in [3.63, 3.8) is 0 Å². The Hall–Kier alpha value is -3.20. The number of rotatable bonds is 6. The standard InChI is InChI=1S/C21H20N2O4/c22-12-16-3-1-2-4-17(16)27-13-20(24)23-21(14-5-6-14)15-7-8-18-19(11-15)26-10-9-25-18/h1-4,7-8,11,14,21H,5-6,9-10,13H2,(H,23,24)/t21-/m1/s1. The van der Waals surface area contributed by atoms with E-state index in [9.17, 15) is 4.79 Å². The number of nitriles is 1. The van der Waals surface area contributed by atoms with Crippen molar-refractivity contribution in [3.05, 3.63) is 53.6 Å². The molecule has 1 atom stereocenters. The van der Waals surface area contributed by atoms with Gasteiger partial charge in [-0.2, -0.15) is 5.26 Å². The van der Waals surface area contributed by atoms with Gasteiger partial charge in [-0.15, -0.1) is 0 Å². The van der Waals surface area contributed by atoms with Crippen molar-refractivity contribution in [2.24, 2.45) is 5.92 Å². The minimum Gasteiger partial charge on any atom is -0.486 e. The summed E-state index contributed by atoms with van der Waals surface area (Å²) in [6.45, 7) is 0.951. The molecule has 1 saturated carbocycles. The molecule has 2 aromatic carbocycles. The maximum Gasteiger partial charge on any atom is 0.258 e. The molecule has 0 spiro atoms. The number of nitrogens with one attached hydrogen (secondary N) is 1. The van der Waals surface area contributed by atoms with Crippen molar-refractivity contribution >= 4 is 5.91 Å². The third-order valence-electron chi connectivity index (χ3n) is 4.70. The zero-order chi connectivity index (χ0) is 18.6. The summed E-state index contributed by atoms with van der Waals surface area (Å²) in [7, 11) is 0. The lowest BCUT2D eigenvalue weighted by atomic mass is 10.0. The summed E-state index contributed by atoms with van der Waals surface area (Å²) in [6.07, 6.45) is 2.16. The van der Waals surface area contributed by atoms with E-state index in [0.29, 0.717) is 30.4 Å². The van der Waals surface area contributed by atoms with Crippen LogP contribution in [0.4, 0.5) is 0 Å². The molecule has 1 fully saturated rings. The number of hydrogen-bond donors (Lipinski definition) is 1. The second-order valence-corrected chi connectivity index (χ2v) is 6.68. The Morgan fingerprint density at radius 2 is 1.96 bits per heavy atom. The molecule has 6 heteroatoms. The van der Waals surface area contributed by atoms with Crippen molar-refractivity contribution < 1.29 is 19.0 Å². The third kappa shape index (κ3) is 3.98. The summed E-state index contributed by atoms with van der Waals surface area (Å²) in [5.74, 6) is 2.08. The number of hydrogen-bond acceptors (Lipinski definition) is 5. The van der Waals surface area contributed by atoms with Gasteiger partial charge in [-0.05, 0) is 48.6 Å². The second-order valence-electron chi connectivity index (χ2n) is 6.68. The van der Waals surface area contributed by atoms with Crippen LogP contribution in [0.2, 0.25) is 0 Å². The zero-order valence-electron chi connectivity index (χ0n) is 14.8. The fourth-order valence-corrected chi connectivity index (χ4v) is 3.20. The number of carbonyl (C=O) groups excluding carboxylic acids is 1. The van der Waals surface area contributed by atoms with Gasteiger partial charge in [0.2, 0.25) is 0 Å². The van der Waals surface area contributed by atoms with E-state index in [1.54, 1.807) is 24.3 Å². The van der Waals surface area contributed by atoms with E-state index in [1.165, 1.54) is 0 Å². The van der Waals surface area contributed by atoms with Crippen LogP contribution in [0.5, 0.6) is 17.2 Å². The molecular weight excluding hydrogens is 344 g/mol. The molecule has 1 heterocycles. The summed E-state index contributed by atoms with van der Waals surface area (Å²) in [4.78, 5) is 12.4. The van der Waals surface area contributed by atoms with Crippen molar-refractivity contribution in [3.8, 4) is 23.3 Å². The predicted molar refractivity (Wildman–Crippen MR) is 97.7 cm³/mol. The first-order valence-corrected chi connectivity index (χ1v) is 9.05. The predicted octanol–water partition coefficient (Wildman–Crippen LogP) is 2.98. The minimum absolute atomic E-state index is 0.0804. The molecule has 2 aliphatic rings. The fourth-order valence-electron chi connectivity index (χ4n) is 3.20. The summed E-state index contributed by atoms with van der Waals surface area (Å²) in [5, 5.41) is 12.2. The first-order valence-electron chi connectivity index (χ1n) is 9.05. The SMILES string of the molecule is N#Cc1ccccc1OCC(=O)N[C@@H](c1ccc2c(c1)OCCO2)C1CC1. The van der Waals surface area contributed by atoms with Crippen molar-refractivity contribution in [2.75, 3.05) is 19.8 Å². The average molecular weight is 364 g/mol. The van der Waals surface area contributed by atoms with Crippen LogP contribution >= 0.6 is 0 Å². The van der Waals surface area contributed by atoms with Crippen LogP contribution < -0.4 is 19.5 Å². The zero-order valence-corrected chi connectivity index (χ0v) is 14.8. The molecule has 1 aliphatic heterocycles. The summed E-state index contributed by atoms with van der Waals surface area (Å²) < 4.78 is 16.8. The molecule has 1 N–H and O–H groups in total. The Morgan fingerprint density at radius 3 is 2.74 bits per heavy atom. The Bertz CT molecular complexity index is 886. The average Bonchev–Trinajstić information content (AvgIpc) is 3.55. The van der Waals surface area contributed by atoms with Crippen LogP contribution in [-0.2, 0) is 4.79 Å². The van der Waals surface area contributed by atoms with Crippen LogP contribution in [-0.4, -0.2) is 25.7 Å². The van der Waals surface area contributed by atoms with Crippen molar-refractivity contribution in [1.29, 1.82) is 5.26 Å². The molecule has 4 rings (SSSR count). The highest BCUT2D eigenvalue weighted by molar-refractivity contribution is 5.78. The van der Waals surface area contributed by atoms with E-state index in [0.717, 1.165) is 29.9 Å². The smallest absolute Gasteiger partial charge is 0.258 e. The van der Waals surface area contributed by atoms with Gasteiger partial charge in [0.1, 0.15) is 25.0 Å². The molecule has 0 aromatic heterocycles. The minimum atomic E-state index is -0.213. The molecule has 1 aliphatic carbocycles. The number of ether oxygens (including phenoxy) is 3. The number of para-hydroxylation sites is 1. The van der Waals surface area contributed by atoms with Crippen LogP contribution in [0.1, 0.15) is 30.0 Å². The van der Waals surface area contributed by atoms with Gasteiger partial charge < -0.3 is 19.5 Å². The Labute approximate surface area is 157 Å². The maximum atomic E-state index is 12.4. The molecule has 0 bridgehead atoms. The van der Waals surface area contributed by atoms with Crippen LogP contribution in [0.25, 0.3) is 0 Å². The largest absolute Gasteiger partial charge is 0.486 e. The number of fused-ring (bicyclic) bond motifs is 1. The molecule has 2 aromatic rings. The van der Waals surface area contributed by atoms with E-state index < -0.39 is 0 Å². The quantitative estimate of drug-likeness (QED) is 0.852. The van der Waals surface area contributed by atoms with Crippen LogP contribution in [0, 0.1) is 17.2 Å². The molecule has 1 amide bonds. The van der Waals surface area contributed by atoms with Crippen LogP contribution in [0.3, 0.4) is 0 Å². The number of benzene rings is 2. The number of carbonyl (C=O) groups is 1. The number of nitrogens with zero attached hydrogens (tertiary/aromatic N) is 1. The molecule has 27 heavy (non-hydrogen) atoms. The van der Waals surface area contributed by atoms with Gasteiger partial charge in [0.05, 0.1) is 11.6 Å². The highest BCUT2D eigenvalue weighted by atomic mass is 16.6. The second kappa shape index (κ2) is 7.58. The molecule has 0 unspecified atom stereocenters. The van der Waals surface area contributed by atoms with Gasteiger partial charge in [-0.1, -0.05) is 18.2 Å². The van der Waals surface area contributed by atoms with Gasteiger partial charge in [0.15, 0.2) is 18.1 Å². The van der Waals surface area contributed by atoms with E-state index in [2.05, 4.69) is 11.4 Å². The Morgan fingerprint density at radius 1 is 1.19 bits per heavy atom. The molecule has 6 nitrogen and oxygen atoms in total. The Kier molecular flexibility index (Phi) is 4.84.